The lowest BCUT2D eigenvalue weighted by molar-refractivity contribution is 0.0921. The van der Waals surface area contributed by atoms with E-state index in [1.165, 1.54) is 0 Å². The van der Waals surface area contributed by atoms with Crippen LogP contribution in [0.25, 0.3) is 11.0 Å². The van der Waals surface area contributed by atoms with Gasteiger partial charge in [0.1, 0.15) is 5.82 Å². The van der Waals surface area contributed by atoms with Crippen LogP contribution >= 0.6 is 0 Å². The zero-order chi connectivity index (χ0) is 19.0. The van der Waals surface area contributed by atoms with Gasteiger partial charge in [0, 0.05) is 17.7 Å². The van der Waals surface area contributed by atoms with Crippen molar-refractivity contribution in [2.75, 3.05) is 0 Å². The maximum atomic E-state index is 12.6. The molecule has 7 nitrogen and oxygen atoms in total. The third-order valence-corrected chi connectivity index (χ3v) is 5.20. The first-order valence-corrected chi connectivity index (χ1v) is 9.33. The Bertz CT molecular complexity index is 1040. The van der Waals surface area contributed by atoms with Crippen LogP contribution in [0, 0.1) is 13.8 Å². The number of carbonyl (C=O) groups excluding carboxylic acids is 1. The Balaban J connectivity index is 1.40. The van der Waals surface area contributed by atoms with Crippen LogP contribution in [-0.2, 0) is 0 Å². The molecule has 2 heterocycles. The first-order chi connectivity index (χ1) is 13.0. The van der Waals surface area contributed by atoms with Crippen LogP contribution in [0.4, 0.5) is 0 Å². The van der Waals surface area contributed by atoms with E-state index in [2.05, 4.69) is 20.4 Å². The van der Waals surface area contributed by atoms with Crippen LogP contribution in [0.1, 0.15) is 53.6 Å². The molecule has 0 spiro atoms. The fraction of sp³-hybridized carbons (Fsp3) is 0.400. The molecule has 1 fully saturated rings. The second-order valence-electron chi connectivity index (χ2n) is 7.29. The molecule has 7 heteroatoms. The molecule has 0 radical (unpaired) electrons. The maximum Gasteiger partial charge on any atom is 0.267 e. The summed E-state index contributed by atoms with van der Waals surface area (Å²) in [7, 11) is 0. The van der Waals surface area contributed by atoms with E-state index in [1.807, 2.05) is 26.0 Å². The standard InChI is InChI=1S/C20H23N5O2/c1-12-3-10-19(26)25(24-12)16-7-5-15(6-8-16)23-20(27)14-4-9-17-18(11-14)22-13(2)21-17/h3-4,9-11,15-16H,5-8H2,1-2H3,(H,21,22)(H,23,27). The fourth-order valence-corrected chi connectivity index (χ4v) is 3.79. The molecule has 1 saturated carbocycles. The zero-order valence-electron chi connectivity index (χ0n) is 15.5. The third-order valence-electron chi connectivity index (χ3n) is 5.20. The number of rotatable bonds is 3. The number of nitrogens with one attached hydrogen (secondary N) is 2. The van der Waals surface area contributed by atoms with Crippen molar-refractivity contribution in [3.8, 4) is 0 Å². The number of aromatic amines is 1. The summed E-state index contributed by atoms with van der Waals surface area (Å²) < 4.78 is 1.60. The number of aryl methyl sites for hydroxylation is 2. The van der Waals surface area contributed by atoms with E-state index in [1.54, 1.807) is 22.9 Å². The normalized spacial score (nSPS) is 19.9. The van der Waals surface area contributed by atoms with E-state index < -0.39 is 0 Å². The van der Waals surface area contributed by atoms with Gasteiger partial charge in [0.2, 0.25) is 0 Å². The predicted octanol–water partition coefficient (Wildman–Crippen LogP) is 2.65. The van der Waals surface area contributed by atoms with Gasteiger partial charge in [-0.1, -0.05) is 0 Å². The molecule has 2 N–H and O–H groups in total. The summed E-state index contributed by atoms with van der Waals surface area (Å²) in [6.07, 6.45) is 3.34. The predicted molar refractivity (Wildman–Crippen MR) is 103 cm³/mol. The number of hydrogen-bond acceptors (Lipinski definition) is 4. The van der Waals surface area contributed by atoms with Gasteiger partial charge in [0.05, 0.1) is 22.8 Å². The lowest BCUT2D eigenvalue weighted by atomic mass is 9.91. The van der Waals surface area contributed by atoms with Crippen molar-refractivity contribution in [3.63, 3.8) is 0 Å². The van der Waals surface area contributed by atoms with Crippen molar-refractivity contribution < 1.29 is 4.79 Å². The van der Waals surface area contributed by atoms with E-state index in [0.29, 0.717) is 5.56 Å². The van der Waals surface area contributed by atoms with Gasteiger partial charge in [-0.25, -0.2) is 9.67 Å². The van der Waals surface area contributed by atoms with Crippen LogP contribution in [0.2, 0.25) is 0 Å². The highest BCUT2D eigenvalue weighted by Crippen LogP contribution is 2.27. The third kappa shape index (κ3) is 3.63. The highest BCUT2D eigenvalue weighted by atomic mass is 16.1. The van der Waals surface area contributed by atoms with E-state index >= 15 is 0 Å². The number of hydrogen-bond donors (Lipinski definition) is 2. The Morgan fingerprint density at radius 2 is 1.93 bits per heavy atom. The highest BCUT2D eigenvalue weighted by Gasteiger charge is 2.25. The van der Waals surface area contributed by atoms with Crippen LogP contribution < -0.4 is 10.9 Å². The second-order valence-corrected chi connectivity index (χ2v) is 7.29. The summed E-state index contributed by atoms with van der Waals surface area (Å²) in [4.78, 5) is 32.2. The molecule has 0 aliphatic heterocycles. The maximum absolute atomic E-state index is 12.6. The Morgan fingerprint density at radius 3 is 2.70 bits per heavy atom. The molecule has 0 bridgehead atoms. The van der Waals surface area contributed by atoms with Crippen molar-refractivity contribution >= 4 is 16.9 Å². The zero-order valence-corrected chi connectivity index (χ0v) is 15.5. The van der Waals surface area contributed by atoms with E-state index in [9.17, 15) is 9.59 Å². The number of H-pyrrole nitrogens is 1. The summed E-state index contributed by atoms with van der Waals surface area (Å²) in [5, 5.41) is 7.49. The topological polar surface area (TPSA) is 92.7 Å². The van der Waals surface area contributed by atoms with Crippen LogP contribution in [-0.4, -0.2) is 31.7 Å². The van der Waals surface area contributed by atoms with E-state index in [0.717, 1.165) is 48.2 Å². The van der Waals surface area contributed by atoms with Gasteiger partial charge >= 0.3 is 0 Å². The summed E-state index contributed by atoms with van der Waals surface area (Å²) >= 11 is 0. The SMILES string of the molecule is Cc1ccc(=O)n(C2CCC(NC(=O)c3ccc4nc(C)[nH]c4c3)CC2)n1. The number of fused-ring (bicyclic) bond motifs is 1. The van der Waals surface area contributed by atoms with Gasteiger partial charge in [-0.15, -0.1) is 0 Å². The molecule has 1 aliphatic rings. The Morgan fingerprint density at radius 1 is 1.15 bits per heavy atom. The van der Waals surface area contributed by atoms with Crippen molar-refractivity contribution in [2.24, 2.45) is 0 Å². The number of carbonyl (C=O) groups is 1. The smallest absolute Gasteiger partial charge is 0.267 e. The molecule has 1 amide bonds. The van der Waals surface area contributed by atoms with Crippen molar-refractivity contribution in [3.05, 3.63) is 57.8 Å². The van der Waals surface area contributed by atoms with Crippen molar-refractivity contribution in [2.45, 2.75) is 51.6 Å². The Labute approximate surface area is 156 Å². The summed E-state index contributed by atoms with van der Waals surface area (Å²) in [5.74, 6) is 0.763. The molecular formula is C20H23N5O2. The van der Waals surface area contributed by atoms with E-state index in [4.69, 9.17) is 0 Å². The quantitative estimate of drug-likeness (QED) is 0.746. The van der Waals surface area contributed by atoms with Crippen molar-refractivity contribution in [1.82, 2.24) is 25.1 Å². The molecule has 1 aromatic carbocycles. The van der Waals surface area contributed by atoms with Crippen LogP contribution in [0.15, 0.2) is 35.1 Å². The molecule has 3 aromatic rings. The minimum atomic E-state index is -0.0709. The van der Waals surface area contributed by atoms with Gasteiger partial charge in [-0.05, 0) is 63.8 Å². The van der Waals surface area contributed by atoms with Crippen LogP contribution in [0.3, 0.4) is 0 Å². The van der Waals surface area contributed by atoms with Gasteiger partial charge in [-0.2, -0.15) is 5.10 Å². The number of amides is 1. The lowest BCUT2D eigenvalue weighted by Crippen LogP contribution is -2.39. The molecule has 27 heavy (non-hydrogen) atoms. The minimum absolute atomic E-state index is 0.0590. The molecule has 0 atom stereocenters. The molecular weight excluding hydrogens is 342 g/mol. The summed E-state index contributed by atoms with van der Waals surface area (Å²) in [5.41, 5.74) is 3.14. The summed E-state index contributed by atoms with van der Waals surface area (Å²) in [6.45, 7) is 3.78. The van der Waals surface area contributed by atoms with Gasteiger partial charge in [-0.3, -0.25) is 9.59 Å². The number of benzene rings is 1. The molecule has 140 valence electrons. The van der Waals surface area contributed by atoms with Crippen LogP contribution in [0.5, 0.6) is 0 Å². The lowest BCUT2D eigenvalue weighted by Gasteiger charge is -2.29. The average molecular weight is 365 g/mol. The largest absolute Gasteiger partial charge is 0.349 e. The number of nitrogens with zero attached hydrogens (tertiary/aromatic N) is 3. The second kappa shape index (κ2) is 6.98. The monoisotopic (exact) mass is 365 g/mol. The van der Waals surface area contributed by atoms with Gasteiger partial charge in [0.25, 0.3) is 11.5 Å². The number of aromatic nitrogens is 4. The average Bonchev–Trinajstić information content (AvgIpc) is 3.03. The Kier molecular flexibility index (Phi) is 4.51. The molecule has 2 aromatic heterocycles. The van der Waals surface area contributed by atoms with Crippen molar-refractivity contribution in [1.29, 1.82) is 0 Å². The first kappa shape index (κ1) is 17.5. The molecule has 0 saturated heterocycles. The number of imidazole rings is 1. The van der Waals surface area contributed by atoms with Gasteiger partial charge < -0.3 is 10.3 Å². The van der Waals surface area contributed by atoms with E-state index in [-0.39, 0.29) is 23.6 Å². The first-order valence-electron chi connectivity index (χ1n) is 9.33. The Hall–Kier alpha value is -2.96. The summed E-state index contributed by atoms with van der Waals surface area (Å²) in [6, 6.07) is 9.04. The molecule has 0 unspecified atom stereocenters. The fourth-order valence-electron chi connectivity index (χ4n) is 3.79. The molecule has 1 aliphatic carbocycles. The molecule has 4 rings (SSSR count). The highest BCUT2D eigenvalue weighted by molar-refractivity contribution is 5.97. The van der Waals surface area contributed by atoms with Gasteiger partial charge in [0.15, 0.2) is 0 Å². The minimum Gasteiger partial charge on any atom is -0.349 e.